The predicted molar refractivity (Wildman–Crippen MR) is 119 cm³/mol. The molecule has 164 valence electrons. The highest BCUT2D eigenvalue weighted by molar-refractivity contribution is 5.97. The van der Waals surface area contributed by atoms with Crippen LogP contribution in [-0.2, 0) is 30.7 Å². The molecule has 0 spiro atoms. The number of carbonyl (C=O) groups excluding carboxylic acids is 1. The summed E-state index contributed by atoms with van der Waals surface area (Å²) in [5, 5.41) is 0. The average molecular weight is 422 g/mol. The first-order chi connectivity index (χ1) is 15.1. The van der Waals surface area contributed by atoms with Crippen molar-refractivity contribution >= 4 is 11.9 Å². The summed E-state index contributed by atoms with van der Waals surface area (Å²) < 4.78 is 5.33. The first-order valence-electron chi connectivity index (χ1n) is 11.3. The summed E-state index contributed by atoms with van der Waals surface area (Å²) in [6, 6.07) is 7.30. The van der Waals surface area contributed by atoms with Crippen LogP contribution in [0.4, 0.5) is 5.95 Å². The van der Waals surface area contributed by atoms with E-state index in [1.807, 2.05) is 4.90 Å². The smallest absolute Gasteiger partial charge is 0.258 e. The summed E-state index contributed by atoms with van der Waals surface area (Å²) >= 11 is 0. The monoisotopic (exact) mass is 421 g/mol. The van der Waals surface area contributed by atoms with Gasteiger partial charge in [0.2, 0.25) is 5.95 Å². The predicted octanol–water partition coefficient (Wildman–Crippen LogP) is 2.28. The van der Waals surface area contributed by atoms with Gasteiger partial charge in [-0.05, 0) is 43.0 Å². The van der Waals surface area contributed by atoms with Crippen molar-refractivity contribution in [1.82, 2.24) is 19.8 Å². The highest BCUT2D eigenvalue weighted by atomic mass is 16.5. The fraction of sp³-hybridized carbons (Fsp3) is 0.542. The lowest BCUT2D eigenvalue weighted by molar-refractivity contribution is 0.0765. The number of hydrogen-bond acceptors (Lipinski definition) is 6. The van der Waals surface area contributed by atoms with Crippen molar-refractivity contribution in [2.24, 2.45) is 0 Å². The Hall–Kier alpha value is -2.51. The second-order valence-corrected chi connectivity index (χ2v) is 8.99. The Morgan fingerprint density at radius 1 is 1.23 bits per heavy atom. The quantitative estimate of drug-likeness (QED) is 0.738. The van der Waals surface area contributed by atoms with Gasteiger partial charge in [-0.1, -0.05) is 25.1 Å². The molecule has 0 bridgehead atoms. The first kappa shape index (κ1) is 20.4. The summed E-state index contributed by atoms with van der Waals surface area (Å²) in [6.07, 6.45) is 4.10. The van der Waals surface area contributed by atoms with E-state index in [-0.39, 0.29) is 12.0 Å². The lowest BCUT2D eigenvalue weighted by atomic mass is 9.98. The molecule has 0 unspecified atom stereocenters. The highest BCUT2D eigenvalue weighted by Crippen LogP contribution is 2.27. The van der Waals surface area contributed by atoms with Gasteiger partial charge in [0.05, 0.1) is 23.9 Å². The Kier molecular flexibility index (Phi) is 5.40. The fourth-order valence-corrected chi connectivity index (χ4v) is 4.99. The van der Waals surface area contributed by atoms with Gasteiger partial charge >= 0.3 is 0 Å². The van der Waals surface area contributed by atoms with E-state index < -0.39 is 0 Å². The zero-order chi connectivity index (χ0) is 21.5. The maximum atomic E-state index is 12.9. The van der Waals surface area contributed by atoms with Gasteiger partial charge in [-0.3, -0.25) is 4.79 Å². The normalized spacial score (nSPS) is 21.6. The number of likely N-dealkylation sites (N-methyl/N-ethyl adjacent to an activating group) is 1. The molecule has 1 fully saturated rings. The number of rotatable bonds is 5. The molecule has 0 aliphatic carbocycles. The maximum Gasteiger partial charge on any atom is 0.258 e. The largest absolute Gasteiger partial charge is 0.378 e. The van der Waals surface area contributed by atoms with Crippen LogP contribution in [0.2, 0.25) is 0 Å². The van der Waals surface area contributed by atoms with Crippen molar-refractivity contribution in [1.29, 1.82) is 0 Å². The number of ether oxygens (including phenoxy) is 1. The molecule has 31 heavy (non-hydrogen) atoms. The topological polar surface area (TPSA) is 61.8 Å². The third-order valence-corrected chi connectivity index (χ3v) is 7.03. The Labute approximate surface area is 184 Å². The maximum absolute atomic E-state index is 12.9. The molecule has 1 atom stereocenters. The lowest BCUT2D eigenvalue weighted by Gasteiger charge is -2.38. The Morgan fingerprint density at radius 2 is 2.06 bits per heavy atom. The summed E-state index contributed by atoms with van der Waals surface area (Å²) in [5.41, 5.74) is 5.53. The molecular weight excluding hydrogens is 390 g/mol. The van der Waals surface area contributed by atoms with Crippen molar-refractivity contribution in [3.05, 3.63) is 52.3 Å². The van der Waals surface area contributed by atoms with E-state index in [9.17, 15) is 4.79 Å². The number of methoxy groups -OCH3 is 1. The number of fused-ring (bicyclic) bond motifs is 2. The minimum absolute atomic E-state index is 0.0281. The van der Waals surface area contributed by atoms with Crippen LogP contribution in [0.1, 0.15) is 46.6 Å². The molecule has 1 amide bonds. The molecule has 3 aliphatic heterocycles. The Bertz CT molecular complexity index is 988. The summed E-state index contributed by atoms with van der Waals surface area (Å²) in [7, 11) is 1.73. The third-order valence-electron chi connectivity index (χ3n) is 7.03. The second kappa shape index (κ2) is 8.20. The summed E-state index contributed by atoms with van der Waals surface area (Å²) in [5.74, 6) is 0.724. The molecule has 0 N–H and O–H groups in total. The first-order valence-corrected chi connectivity index (χ1v) is 11.3. The molecule has 7 heteroatoms. The number of carbonyl (C=O) groups is 1. The Balaban J connectivity index is 1.29. The van der Waals surface area contributed by atoms with Crippen LogP contribution in [0.5, 0.6) is 0 Å². The minimum atomic E-state index is 0.0281. The molecule has 1 aromatic carbocycles. The van der Waals surface area contributed by atoms with Crippen LogP contribution in [-0.4, -0.2) is 71.1 Å². The van der Waals surface area contributed by atoms with Crippen LogP contribution < -0.4 is 4.90 Å². The molecule has 5 rings (SSSR count). The van der Waals surface area contributed by atoms with E-state index in [0.29, 0.717) is 30.6 Å². The third kappa shape index (κ3) is 3.81. The molecule has 0 radical (unpaired) electrons. The average Bonchev–Trinajstić information content (AvgIpc) is 2.93. The van der Waals surface area contributed by atoms with Crippen molar-refractivity contribution < 1.29 is 9.53 Å². The van der Waals surface area contributed by atoms with E-state index in [2.05, 4.69) is 51.8 Å². The van der Waals surface area contributed by atoms with E-state index in [4.69, 9.17) is 4.74 Å². The summed E-state index contributed by atoms with van der Waals surface area (Å²) in [6.45, 7) is 9.52. The van der Waals surface area contributed by atoms with Gasteiger partial charge in [0.25, 0.3) is 5.91 Å². The molecule has 3 aliphatic rings. The highest BCUT2D eigenvalue weighted by Gasteiger charge is 2.33. The van der Waals surface area contributed by atoms with Crippen LogP contribution in [0, 0.1) is 0 Å². The van der Waals surface area contributed by atoms with Crippen molar-refractivity contribution in [2.45, 2.75) is 51.9 Å². The number of anilines is 1. The SMILES string of the molecule is CCN1CCc2ccc(CN3Cc4nc(N5CC(OC)C5)ncc4C3=O)cc2C[C@@H]1C. The van der Waals surface area contributed by atoms with Gasteiger partial charge in [-0.2, -0.15) is 0 Å². The zero-order valence-corrected chi connectivity index (χ0v) is 18.7. The van der Waals surface area contributed by atoms with Crippen LogP contribution in [0.25, 0.3) is 0 Å². The van der Waals surface area contributed by atoms with E-state index in [0.717, 1.165) is 44.7 Å². The molecule has 2 aromatic rings. The standard InChI is InChI=1S/C24H31N5O2/c1-4-27-8-7-18-6-5-17(10-19(18)9-16(27)2)12-28-15-22-21(23(28)30)11-25-24(26-22)29-13-20(14-29)31-3/h5-6,10-11,16,20H,4,7-9,12-15H2,1-3H3/t16-/m0/s1. The lowest BCUT2D eigenvalue weighted by Crippen LogP contribution is -2.52. The number of aromatic nitrogens is 2. The van der Waals surface area contributed by atoms with Gasteiger partial charge in [0, 0.05) is 45.5 Å². The summed E-state index contributed by atoms with van der Waals surface area (Å²) in [4.78, 5) is 28.6. The van der Waals surface area contributed by atoms with E-state index >= 15 is 0 Å². The molecule has 4 heterocycles. The zero-order valence-electron chi connectivity index (χ0n) is 18.7. The van der Waals surface area contributed by atoms with E-state index in [1.54, 1.807) is 13.3 Å². The van der Waals surface area contributed by atoms with Gasteiger partial charge < -0.3 is 19.4 Å². The van der Waals surface area contributed by atoms with Crippen LogP contribution >= 0.6 is 0 Å². The number of benzene rings is 1. The molecule has 7 nitrogen and oxygen atoms in total. The fourth-order valence-electron chi connectivity index (χ4n) is 4.99. The van der Waals surface area contributed by atoms with Gasteiger partial charge in [-0.25, -0.2) is 9.97 Å². The molecular formula is C24H31N5O2. The van der Waals surface area contributed by atoms with E-state index in [1.165, 1.54) is 16.7 Å². The molecule has 0 saturated carbocycles. The number of amides is 1. The van der Waals surface area contributed by atoms with Crippen molar-refractivity contribution in [3.8, 4) is 0 Å². The van der Waals surface area contributed by atoms with Gasteiger partial charge in [0.15, 0.2) is 0 Å². The van der Waals surface area contributed by atoms with Crippen LogP contribution in [0.3, 0.4) is 0 Å². The molecule has 1 aromatic heterocycles. The Morgan fingerprint density at radius 3 is 2.84 bits per heavy atom. The van der Waals surface area contributed by atoms with Crippen molar-refractivity contribution in [2.75, 3.05) is 38.2 Å². The second-order valence-electron chi connectivity index (χ2n) is 8.99. The van der Waals surface area contributed by atoms with Crippen molar-refractivity contribution in [3.63, 3.8) is 0 Å². The molecule has 1 saturated heterocycles. The number of nitrogens with zero attached hydrogens (tertiary/aromatic N) is 5. The minimum Gasteiger partial charge on any atom is -0.378 e. The van der Waals surface area contributed by atoms with Gasteiger partial charge in [-0.15, -0.1) is 0 Å². The van der Waals surface area contributed by atoms with Gasteiger partial charge in [0.1, 0.15) is 0 Å². The van der Waals surface area contributed by atoms with Crippen LogP contribution in [0.15, 0.2) is 24.4 Å². The number of hydrogen-bond donors (Lipinski definition) is 0.